The first-order valence-corrected chi connectivity index (χ1v) is 7.86. The van der Waals surface area contributed by atoms with Crippen molar-refractivity contribution in [3.8, 4) is 0 Å². The summed E-state index contributed by atoms with van der Waals surface area (Å²) in [6, 6.07) is 5.28. The van der Waals surface area contributed by atoms with E-state index in [0.29, 0.717) is 22.2 Å². The smallest absolute Gasteiger partial charge is 0.311 e. The summed E-state index contributed by atoms with van der Waals surface area (Å²) in [5.74, 6) is -0.757. The highest BCUT2D eigenvalue weighted by Crippen LogP contribution is 2.48. The molecule has 0 saturated heterocycles. The number of hydrogen-bond donors (Lipinski definition) is 2. The van der Waals surface area contributed by atoms with Gasteiger partial charge in [-0.25, -0.2) is 0 Å². The molecule has 0 aliphatic heterocycles. The quantitative estimate of drug-likeness (QED) is 0.805. The average Bonchev–Trinajstić information content (AvgIpc) is 2.32. The maximum atomic E-state index is 11.9. The summed E-state index contributed by atoms with van der Waals surface area (Å²) in [7, 11) is 0. The van der Waals surface area contributed by atoms with Crippen LogP contribution in [-0.4, -0.2) is 11.1 Å². The maximum Gasteiger partial charge on any atom is 0.311 e. The van der Waals surface area contributed by atoms with Crippen LogP contribution in [0.5, 0.6) is 0 Å². The van der Waals surface area contributed by atoms with E-state index in [1.165, 1.54) is 0 Å². The van der Waals surface area contributed by atoms with Crippen LogP contribution in [0.25, 0.3) is 0 Å². The zero-order valence-corrected chi connectivity index (χ0v) is 13.7. The number of carboxylic acids is 1. The second-order valence-electron chi connectivity index (χ2n) is 7.23. The van der Waals surface area contributed by atoms with Gasteiger partial charge in [-0.1, -0.05) is 44.5 Å². The van der Waals surface area contributed by atoms with Crippen molar-refractivity contribution in [2.24, 2.45) is 17.3 Å². The van der Waals surface area contributed by atoms with Gasteiger partial charge in [-0.2, -0.15) is 0 Å². The highest BCUT2D eigenvalue weighted by Gasteiger charge is 2.40. The molecular formula is C17H24ClNO2. The minimum absolute atomic E-state index is 0.0991. The predicted octanol–water partition coefficient (Wildman–Crippen LogP) is 4.55. The molecule has 0 heterocycles. The van der Waals surface area contributed by atoms with Crippen LogP contribution in [0.4, 0.5) is 5.69 Å². The van der Waals surface area contributed by atoms with Crippen LogP contribution in [0.1, 0.15) is 51.5 Å². The molecule has 116 valence electrons. The molecule has 1 aliphatic carbocycles. The fourth-order valence-electron chi connectivity index (χ4n) is 4.09. The van der Waals surface area contributed by atoms with Crippen LogP contribution in [0.2, 0.25) is 5.02 Å². The highest BCUT2D eigenvalue weighted by molar-refractivity contribution is 6.33. The van der Waals surface area contributed by atoms with E-state index in [9.17, 15) is 9.90 Å². The van der Waals surface area contributed by atoms with Gasteiger partial charge in [0.1, 0.15) is 0 Å². The third-order valence-electron chi connectivity index (χ3n) is 4.58. The van der Waals surface area contributed by atoms with Crippen molar-refractivity contribution in [1.82, 2.24) is 0 Å². The molecular weight excluding hydrogens is 286 g/mol. The Morgan fingerprint density at radius 2 is 2.10 bits per heavy atom. The van der Waals surface area contributed by atoms with Crippen LogP contribution < -0.4 is 5.73 Å². The van der Waals surface area contributed by atoms with Crippen molar-refractivity contribution in [1.29, 1.82) is 0 Å². The van der Waals surface area contributed by atoms with E-state index in [-0.39, 0.29) is 11.3 Å². The Kier molecular flexibility index (Phi) is 4.52. The van der Waals surface area contributed by atoms with Crippen LogP contribution in [0.3, 0.4) is 0 Å². The first-order valence-electron chi connectivity index (χ1n) is 7.48. The van der Waals surface area contributed by atoms with Gasteiger partial charge < -0.3 is 10.8 Å². The number of nitrogen functional groups attached to an aromatic ring is 1. The summed E-state index contributed by atoms with van der Waals surface area (Å²) < 4.78 is 0. The van der Waals surface area contributed by atoms with E-state index in [4.69, 9.17) is 17.3 Å². The van der Waals surface area contributed by atoms with Crippen molar-refractivity contribution in [3.05, 3.63) is 28.8 Å². The first kappa shape index (κ1) is 16.2. The Bertz CT molecular complexity index is 542. The van der Waals surface area contributed by atoms with Crippen molar-refractivity contribution < 1.29 is 9.90 Å². The summed E-state index contributed by atoms with van der Waals surface area (Å²) in [6.45, 7) is 6.64. The molecule has 2 rings (SSSR count). The first-order chi connectivity index (χ1) is 9.71. The number of aliphatic carboxylic acids is 1. The van der Waals surface area contributed by atoms with E-state index in [1.807, 2.05) is 0 Å². The highest BCUT2D eigenvalue weighted by atomic mass is 35.5. The standard InChI is InChI=1S/C17H24ClNO2/c1-10-7-11(9-17(2,3)8-10)14(16(20)21)12-5-4-6-13(18)15(12)19/h4-6,10-11,14H,7-9,19H2,1-3H3,(H,20,21). The molecule has 0 amide bonds. The third-order valence-corrected chi connectivity index (χ3v) is 4.91. The van der Waals surface area contributed by atoms with E-state index >= 15 is 0 Å². The molecule has 0 aromatic heterocycles. The number of benzene rings is 1. The number of anilines is 1. The molecule has 0 radical (unpaired) electrons. The zero-order chi connectivity index (χ0) is 15.8. The van der Waals surface area contributed by atoms with Gasteiger partial charge in [0.2, 0.25) is 0 Å². The van der Waals surface area contributed by atoms with Crippen molar-refractivity contribution >= 4 is 23.3 Å². The van der Waals surface area contributed by atoms with Gasteiger partial charge in [0.05, 0.1) is 16.6 Å². The van der Waals surface area contributed by atoms with Crippen LogP contribution >= 0.6 is 11.6 Å². The molecule has 3 nitrogen and oxygen atoms in total. The minimum Gasteiger partial charge on any atom is -0.481 e. The molecule has 21 heavy (non-hydrogen) atoms. The molecule has 0 spiro atoms. The van der Waals surface area contributed by atoms with E-state index in [2.05, 4.69) is 20.8 Å². The van der Waals surface area contributed by atoms with Crippen molar-refractivity contribution in [2.45, 2.75) is 46.0 Å². The lowest BCUT2D eigenvalue weighted by Crippen LogP contribution is -2.34. The van der Waals surface area contributed by atoms with Gasteiger partial charge in [-0.15, -0.1) is 0 Å². The molecule has 1 saturated carbocycles. The summed E-state index contributed by atoms with van der Waals surface area (Å²) in [6.07, 6.45) is 2.97. The lowest BCUT2D eigenvalue weighted by molar-refractivity contribution is -0.141. The molecule has 3 N–H and O–H groups in total. The second-order valence-corrected chi connectivity index (χ2v) is 7.64. The number of nitrogens with two attached hydrogens (primary N) is 1. The summed E-state index contributed by atoms with van der Waals surface area (Å²) in [5.41, 5.74) is 7.27. The Balaban J connectivity index is 2.40. The Morgan fingerprint density at radius 1 is 1.43 bits per heavy atom. The Morgan fingerprint density at radius 3 is 2.67 bits per heavy atom. The average molecular weight is 310 g/mol. The van der Waals surface area contributed by atoms with Crippen molar-refractivity contribution in [3.63, 3.8) is 0 Å². The predicted molar refractivity (Wildman–Crippen MR) is 86.5 cm³/mol. The zero-order valence-electron chi connectivity index (χ0n) is 12.9. The molecule has 3 unspecified atom stereocenters. The topological polar surface area (TPSA) is 63.3 Å². The number of carbonyl (C=O) groups is 1. The van der Waals surface area contributed by atoms with Gasteiger partial charge in [0.15, 0.2) is 0 Å². The fraction of sp³-hybridized carbons (Fsp3) is 0.588. The minimum atomic E-state index is -0.807. The summed E-state index contributed by atoms with van der Waals surface area (Å²) in [4.78, 5) is 11.9. The number of halogens is 1. The lowest BCUT2D eigenvalue weighted by atomic mass is 9.63. The molecule has 1 fully saturated rings. The molecule has 0 bridgehead atoms. The number of hydrogen-bond acceptors (Lipinski definition) is 2. The number of carboxylic acid groups (broad SMARTS) is 1. The molecule has 1 aliphatic rings. The van der Waals surface area contributed by atoms with Gasteiger partial charge in [-0.05, 0) is 48.1 Å². The van der Waals surface area contributed by atoms with Crippen LogP contribution in [0.15, 0.2) is 18.2 Å². The lowest BCUT2D eigenvalue weighted by Gasteiger charge is -2.41. The van der Waals surface area contributed by atoms with Crippen LogP contribution in [-0.2, 0) is 4.79 Å². The van der Waals surface area contributed by atoms with Crippen LogP contribution in [0, 0.1) is 17.3 Å². The SMILES string of the molecule is CC1CC(C(C(=O)O)c2cccc(Cl)c2N)CC(C)(C)C1. The maximum absolute atomic E-state index is 11.9. The normalized spacial score (nSPS) is 26.3. The van der Waals surface area contributed by atoms with E-state index in [0.717, 1.165) is 19.3 Å². The second kappa shape index (κ2) is 5.88. The molecule has 4 heteroatoms. The fourth-order valence-corrected chi connectivity index (χ4v) is 4.27. The molecule has 3 atom stereocenters. The van der Waals surface area contributed by atoms with Gasteiger partial charge in [0.25, 0.3) is 0 Å². The molecule has 1 aromatic carbocycles. The molecule has 1 aromatic rings. The largest absolute Gasteiger partial charge is 0.481 e. The summed E-state index contributed by atoms with van der Waals surface area (Å²) in [5, 5.41) is 10.2. The Labute approximate surface area is 131 Å². The van der Waals surface area contributed by atoms with Gasteiger partial charge >= 0.3 is 5.97 Å². The number of rotatable bonds is 3. The third kappa shape index (κ3) is 3.52. The van der Waals surface area contributed by atoms with E-state index < -0.39 is 11.9 Å². The monoisotopic (exact) mass is 309 g/mol. The van der Waals surface area contributed by atoms with E-state index in [1.54, 1.807) is 18.2 Å². The van der Waals surface area contributed by atoms with Crippen molar-refractivity contribution in [2.75, 3.05) is 5.73 Å². The van der Waals surface area contributed by atoms with Gasteiger partial charge in [0, 0.05) is 0 Å². The summed E-state index contributed by atoms with van der Waals surface area (Å²) >= 11 is 6.07. The van der Waals surface area contributed by atoms with Gasteiger partial charge in [-0.3, -0.25) is 4.79 Å². The number of para-hydroxylation sites is 1. The Hall–Kier alpha value is -1.22.